The number of hydrogen-bond acceptors (Lipinski definition) is 4. The number of hydrogen-bond donors (Lipinski definition) is 2. The van der Waals surface area contributed by atoms with Crippen LogP contribution >= 0.6 is 0 Å². The number of carboxylic acids is 1. The normalized spacial score (nSPS) is 12.4. The molecule has 0 aliphatic heterocycles. The van der Waals surface area contributed by atoms with Gasteiger partial charge >= 0.3 is 5.97 Å². The van der Waals surface area contributed by atoms with E-state index >= 15 is 0 Å². The van der Waals surface area contributed by atoms with Crippen molar-refractivity contribution >= 4 is 5.97 Å². The summed E-state index contributed by atoms with van der Waals surface area (Å²) in [6.07, 6.45) is 9.39. The van der Waals surface area contributed by atoms with Gasteiger partial charge in [0.2, 0.25) is 0 Å². The molecule has 0 spiro atoms. The molecule has 0 saturated carbocycles. The van der Waals surface area contributed by atoms with Crippen molar-refractivity contribution < 1.29 is 9.90 Å². The van der Waals surface area contributed by atoms with Gasteiger partial charge in [0.05, 0.1) is 5.69 Å². The summed E-state index contributed by atoms with van der Waals surface area (Å²) in [5.74, 6) is -0.893. The molecule has 156 valence electrons. The number of fused-ring (bicyclic) bond motifs is 3. The van der Waals surface area contributed by atoms with Gasteiger partial charge < -0.3 is 10.4 Å². The Kier molecular flexibility index (Phi) is 6.54. The molecule has 6 nitrogen and oxygen atoms in total. The first-order chi connectivity index (χ1) is 14.7. The van der Waals surface area contributed by atoms with Gasteiger partial charge in [-0.2, -0.15) is 5.10 Å². The third kappa shape index (κ3) is 4.60. The largest absolute Gasteiger partial charge is 0.477 e. The predicted molar refractivity (Wildman–Crippen MR) is 117 cm³/mol. The van der Waals surface area contributed by atoms with Gasteiger partial charge in [0, 0.05) is 30.1 Å². The molecule has 2 N–H and O–H groups in total. The van der Waals surface area contributed by atoms with Crippen molar-refractivity contribution in [1.29, 1.82) is 0 Å². The van der Waals surface area contributed by atoms with E-state index in [0.717, 1.165) is 61.2 Å². The number of pyridine rings is 1. The summed E-state index contributed by atoms with van der Waals surface area (Å²) in [6, 6.07) is 12.5. The van der Waals surface area contributed by atoms with Gasteiger partial charge in [0.1, 0.15) is 5.69 Å². The average Bonchev–Trinajstić information content (AvgIpc) is 3.15. The minimum atomic E-state index is -0.893. The summed E-state index contributed by atoms with van der Waals surface area (Å²) >= 11 is 0. The molecule has 0 saturated heterocycles. The molecule has 1 aromatic carbocycles. The highest BCUT2D eigenvalue weighted by atomic mass is 16.4. The van der Waals surface area contributed by atoms with Crippen LogP contribution in [0.15, 0.2) is 48.8 Å². The summed E-state index contributed by atoms with van der Waals surface area (Å²) in [6.45, 7) is 2.44. The second kappa shape index (κ2) is 9.67. The molecule has 2 aromatic heterocycles. The summed E-state index contributed by atoms with van der Waals surface area (Å²) in [7, 11) is 0. The van der Waals surface area contributed by atoms with Gasteiger partial charge in [-0.1, -0.05) is 30.3 Å². The van der Waals surface area contributed by atoms with E-state index < -0.39 is 5.97 Å². The van der Waals surface area contributed by atoms with Crippen LogP contribution in [0.5, 0.6) is 0 Å². The lowest BCUT2D eigenvalue weighted by Gasteiger charge is -2.14. The van der Waals surface area contributed by atoms with Gasteiger partial charge in [-0.25, -0.2) is 4.79 Å². The third-order valence-electron chi connectivity index (χ3n) is 5.69. The molecular formula is C24H28N4O2. The molecule has 4 rings (SSSR count). The summed E-state index contributed by atoms with van der Waals surface area (Å²) in [5, 5.41) is 17.9. The zero-order valence-electron chi connectivity index (χ0n) is 17.2. The van der Waals surface area contributed by atoms with Crippen LogP contribution in [0.25, 0.3) is 11.3 Å². The Morgan fingerprint density at radius 3 is 2.73 bits per heavy atom. The molecule has 6 heteroatoms. The molecule has 0 unspecified atom stereocenters. The molecule has 0 atom stereocenters. The van der Waals surface area contributed by atoms with Crippen molar-refractivity contribution in [3.8, 4) is 11.3 Å². The second-order valence-electron chi connectivity index (χ2n) is 7.78. The highest BCUT2D eigenvalue weighted by Gasteiger charge is 2.27. The van der Waals surface area contributed by atoms with E-state index in [1.54, 1.807) is 10.9 Å². The van der Waals surface area contributed by atoms with Crippen LogP contribution in [-0.2, 0) is 25.8 Å². The summed E-state index contributed by atoms with van der Waals surface area (Å²) in [5.41, 5.74) is 5.56. The number of carbonyl (C=O) groups is 1. The standard InChI is InChI=1S/C24H28N4O2/c29-24(30)23-21-11-10-19-17-26-15-12-20(19)22(21)27-28(23)16-6-14-25-13-5-4-9-18-7-2-1-3-8-18/h1-3,7-8,12,15,17,25H,4-6,9-11,13-14,16H2,(H,29,30). The molecule has 0 bridgehead atoms. The van der Waals surface area contributed by atoms with Crippen LogP contribution in [0.1, 0.15) is 46.4 Å². The maximum Gasteiger partial charge on any atom is 0.354 e. The van der Waals surface area contributed by atoms with Gasteiger partial charge in [-0.3, -0.25) is 9.67 Å². The zero-order chi connectivity index (χ0) is 20.8. The molecule has 0 fully saturated rings. The fourth-order valence-electron chi connectivity index (χ4n) is 4.17. The van der Waals surface area contributed by atoms with E-state index in [1.165, 1.54) is 12.0 Å². The van der Waals surface area contributed by atoms with Gasteiger partial charge in [-0.15, -0.1) is 0 Å². The SMILES string of the molecule is O=C(O)c1c2c(nn1CCCNCCCCc1ccccc1)-c1ccncc1CC2. The number of unbranched alkanes of at least 4 members (excludes halogenated alkanes) is 1. The Hall–Kier alpha value is -2.99. The van der Waals surface area contributed by atoms with Crippen LogP contribution in [0, 0.1) is 0 Å². The monoisotopic (exact) mass is 404 g/mol. The number of nitrogens with zero attached hydrogens (tertiary/aromatic N) is 3. The minimum absolute atomic E-state index is 0.343. The van der Waals surface area contributed by atoms with Gasteiger partial charge in [-0.05, 0) is 68.8 Å². The second-order valence-corrected chi connectivity index (χ2v) is 7.78. The van der Waals surface area contributed by atoms with E-state index in [1.807, 2.05) is 18.3 Å². The van der Waals surface area contributed by atoms with Crippen molar-refractivity contribution in [3.05, 3.63) is 71.2 Å². The molecule has 0 radical (unpaired) electrons. The molecule has 3 aromatic rings. The van der Waals surface area contributed by atoms with Crippen LogP contribution in [0.4, 0.5) is 0 Å². The Morgan fingerprint density at radius 1 is 1.07 bits per heavy atom. The zero-order valence-corrected chi connectivity index (χ0v) is 17.2. The number of rotatable bonds is 10. The number of aromatic nitrogens is 3. The highest BCUT2D eigenvalue weighted by Crippen LogP contribution is 2.34. The highest BCUT2D eigenvalue weighted by molar-refractivity contribution is 5.90. The van der Waals surface area contributed by atoms with Crippen LogP contribution in [-0.4, -0.2) is 38.9 Å². The van der Waals surface area contributed by atoms with Crippen molar-refractivity contribution in [2.45, 2.75) is 45.1 Å². The van der Waals surface area contributed by atoms with Crippen LogP contribution in [0.3, 0.4) is 0 Å². The number of aromatic carboxylic acids is 1. The Bertz CT molecular complexity index is 998. The quantitative estimate of drug-likeness (QED) is 0.503. The smallest absolute Gasteiger partial charge is 0.354 e. The van der Waals surface area contributed by atoms with Crippen molar-refractivity contribution in [2.75, 3.05) is 13.1 Å². The number of nitrogens with one attached hydrogen (secondary N) is 1. The molecule has 1 aliphatic carbocycles. The lowest BCUT2D eigenvalue weighted by Crippen LogP contribution is -2.20. The summed E-state index contributed by atoms with van der Waals surface area (Å²) in [4.78, 5) is 16.1. The number of carboxylic acid groups (broad SMARTS) is 1. The lowest BCUT2D eigenvalue weighted by atomic mass is 9.90. The fourth-order valence-corrected chi connectivity index (χ4v) is 4.17. The van der Waals surface area contributed by atoms with Crippen LogP contribution < -0.4 is 5.32 Å². The van der Waals surface area contributed by atoms with Crippen molar-refractivity contribution in [1.82, 2.24) is 20.1 Å². The molecular weight excluding hydrogens is 376 g/mol. The van der Waals surface area contributed by atoms with Crippen molar-refractivity contribution in [3.63, 3.8) is 0 Å². The maximum atomic E-state index is 11.9. The number of aryl methyl sites for hydroxylation is 3. The van der Waals surface area contributed by atoms with E-state index in [2.05, 4.69) is 39.7 Å². The maximum absolute atomic E-state index is 11.9. The van der Waals surface area contributed by atoms with E-state index in [-0.39, 0.29) is 0 Å². The molecule has 2 heterocycles. The summed E-state index contributed by atoms with van der Waals surface area (Å²) < 4.78 is 1.68. The number of benzene rings is 1. The van der Waals surface area contributed by atoms with Crippen LogP contribution in [0.2, 0.25) is 0 Å². The first kappa shape index (κ1) is 20.3. The van der Waals surface area contributed by atoms with Crippen molar-refractivity contribution in [2.24, 2.45) is 0 Å². The minimum Gasteiger partial charge on any atom is -0.477 e. The van der Waals surface area contributed by atoms with Gasteiger partial charge in [0.25, 0.3) is 0 Å². The van der Waals surface area contributed by atoms with Gasteiger partial charge in [0.15, 0.2) is 0 Å². The molecule has 1 aliphatic rings. The van der Waals surface area contributed by atoms with E-state index in [9.17, 15) is 9.90 Å². The first-order valence-electron chi connectivity index (χ1n) is 10.7. The average molecular weight is 405 g/mol. The molecule has 0 amide bonds. The predicted octanol–water partition coefficient (Wildman–Crippen LogP) is 3.74. The van der Waals surface area contributed by atoms with E-state index in [0.29, 0.717) is 18.7 Å². The Labute approximate surface area is 177 Å². The molecule has 30 heavy (non-hydrogen) atoms. The topological polar surface area (TPSA) is 80.0 Å². The Balaban J connectivity index is 1.27. The lowest BCUT2D eigenvalue weighted by molar-refractivity contribution is 0.0681. The fraction of sp³-hybridized carbons (Fsp3) is 0.375. The first-order valence-corrected chi connectivity index (χ1v) is 10.7. The van der Waals surface area contributed by atoms with E-state index in [4.69, 9.17) is 0 Å². The Morgan fingerprint density at radius 2 is 1.90 bits per heavy atom. The third-order valence-corrected chi connectivity index (χ3v) is 5.69.